The zero-order valence-electron chi connectivity index (χ0n) is 5.93. The minimum absolute atomic E-state index is 0.0452. The summed E-state index contributed by atoms with van der Waals surface area (Å²) in [6.07, 6.45) is 4.30. The molecule has 1 aliphatic carbocycles. The molecule has 2 nitrogen and oxygen atoms in total. The zero-order valence-corrected chi connectivity index (χ0v) is 5.93. The molecule has 0 spiro atoms. The van der Waals surface area contributed by atoms with Crippen molar-refractivity contribution in [2.45, 2.75) is 37.8 Å². The molecule has 0 amide bonds. The molecule has 1 aliphatic rings. The Balaban J connectivity index is 2.23. The van der Waals surface area contributed by atoms with Crippen molar-refractivity contribution >= 4 is 0 Å². The topological polar surface area (TPSA) is 32.3 Å². The Hall–Kier alpha value is -0.0800. The predicted molar refractivity (Wildman–Crippen MR) is 37.3 cm³/mol. The van der Waals surface area contributed by atoms with E-state index in [9.17, 15) is 5.11 Å². The first kappa shape index (κ1) is 7.03. The van der Waals surface area contributed by atoms with E-state index in [1.807, 2.05) is 7.05 Å². The first-order chi connectivity index (χ1) is 4.33. The van der Waals surface area contributed by atoms with Crippen molar-refractivity contribution in [3.63, 3.8) is 0 Å². The van der Waals surface area contributed by atoms with Crippen LogP contribution in [-0.4, -0.2) is 24.3 Å². The summed E-state index contributed by atoms with van der Waals surface area (Å²) >= 11 is 0. The number of aliphatic hydroxyl groups is 1. The Morgan fingerprint density at radius 1 is 1.44 bits per heavy atom. The molecule has 9 heavy (non-hydrogen) atoms. The predicted octanol–water partition coefficient (Wildman–Crippen LogP) is 0.509. The van der Waals surface area contributed by atoms with E-state index >= 15 is 0 Å². The van der Waals surface area contributed by atoms with Gasteiger partial charge in [-0.3, -0.25) is 0 Å². The van der Waals surface area contributed by atoms with E-state index in [2.05, 4.69) is 5.32 Å². The van der Waals surface area contributed by atoms with E-state index in [-0.39, 0.29) is 6.10 Å². The number of nitrogens with one attached hydrogen (secondary N) is 1. The van der Waals surface area contributed by atoms with E-state index in [4.69, 9.17) is 0 Å². The van der Waals surface area contributed by atoms with Crippen molar-refractivity contribution in [3.8, 4) is 0 Å². The second-order valence-electron chi connectivity index (χ2n) is 2.81. The lowest BCUT2D eigenvalue weighted by atomic mass is 9.93. The Morgan fingerprint density at radius 2 is 2.22 bits per heavy atom. The van der Waals surface area contributed by atoms with Gasteiger partial charge in [0.1, 0.15) is 0 Å². The molecule has 0 aliphatic heterocycles. The Morgan fingerprint density at radius 3 is 2.67 bits per heavy atom. The van der Waals surface area contributed by atoms with Crippen molar-refractivity contribution < 1.29 is 5.11 Å². The zero-order chi connectivity index (χ0) is 6.69. The van der Waals surface area contributed by atoms with Crippen LogP contribution in [0.3, 0.4) is 0 Å². The van der Waals surface area contributed by atoms with E-state index in [0.717, 1.165) is 12.8 Å². The first-order valence-electron chi connectivity index (χ1n) is 3.68. The molecule has 2 atom stereocenters. The summed E-state index contributed by atoms with van der Waals surface area (Å²) in [5.41, 5.74) is 0. The van der Waals surface area contributed by atoms with Gasteiger partial charge >= 0.3 is 0 Å². The van der Waals surface area contributed by atoms with Crippen molar-refractivity contribution in [3.05, 3.63) is 0 Å². The van der Waals surface area contributed by atoms with Gasteiger partial charge in [0.2, 0.25) is 0 Å². The summed E-state index contributed by atoms with van der Waals surface area (Å²) in [5.74, 6) is 0. The molecule has 0 aromatic rings. The van der Waals surface area contributed by atoms with Crippen LogP contribution in [0, 0.1) is 0 Å². The monoisotopic (exact) mass is 129 g/mol. The Kier molecular flexibility index (Phi) is 2.49. The SMILES string of the molecule is CN[C@@H]1CCC[C@H](O)C1. The van der Waals surface area contributed by atoms with Crippen molar-refractivity contribution in [2.75, 3.05) is 7.05 Å². The Labute approximate surface area is 56.3 Å². The molecule has 2 heteroatoms. The lowest BCUT2D eigenvalue weighted by Crippen LogP contribution is -2.33. The van der Waals surface area contributed by atoms with Gasteiger partial charge in [0.25, 0.3) is 0 Å². The summed E-state index contributed by atoms with van der Waals surface area (Å²) in [7, 11) is 1.96. The third-order valence-corrected chi connectivity index (χ3v) is 2.05. The highest BCUT2D eigenvalue weighted by atomic mass is 16.3. The standard InChI is InChI=1S/C7H15NO/c1-8-6-3-2-4-7(9)5-6/h6-9H,2-5H2,1H3/t6-,7+/m1/s1. The van der Waals surface area contributed by atoms with Crippen LogP contribution in [0.4, 0.5) is 0 Å². The normalized spacial score (nSPS) is 36.7. The highest BCUT2D eigenvalue weighted by Gasteiger charge is 2.17. The van der Waals surface area contributed by atoms with Crippen molar-refractivity contribution in [1.29, 1.82) is 0 Å². The molecular weight excluding hydrogens is 114 g/mol. The highest BCUT2D eigenvalue weighted by Crippen LogP contribution is 2.17. The highest BCUT2D eigenvalue weighted by molar-refractivity contribution is 4.75. The molecule has 1 rings (SSSR count). The molecule has 0 aromatic heterocycles. The summed E-state index contributed by atoms with van der Waals surface area (Å²) in [6, 6.07) is 0.564. The minimum Gasteiger partial charge on any atom is -0.393 e. The number of aliphatic hydroxyl groups excluding tert-OH is 1. The van der Waals surface area contributed by atoms with Crippen molar-refractivity contribution in [1.82, 2.24) is 5.32 Å². The summed E-state index contributed by atoms with van der Waals surface area (Å²) < 4.78 is 0. The molecule has 0 heterocycles. The summed E-state index contributed by atoms with van der Waals surface area (Å²) in [5, 5.41) is 12.3. The fraction of sp³-hybridized carbons (Fsp3) is 1.00. The second-order valence-corrected chi connectivity index (χ2v) is 2.81. The molecular formula is C7H15NO. The van der Waals surface area contributed by atoms with Gasteiger partial charge in [0.05, 0.1) is 6.10 Å². The molecule has 1 saturated carbocycles. The van der Waals surface area contributed by atoms with Crippen molar-refractivity contribution in [2.24, 2.45) is 0 Å². The third-order valence-electron chi connectivity index (χ3n) is 2.05. The van der Waals surface area contributed by atoms with Gasteiger partial charge in [-0.25, -0.2) is 0 Å². The number of rotatable bonds is 1. The van der Waals surface area contributed by atoms with Gasteiger partial charge in [-0.1, -0.05) is 0 Å². The fourth-order valence-electron chi connectivity index (χ4n) is 1.43. The van der Waals surface area contributed by atoms with Crippen LogP contribution in [0.1, 0.15) is 25.7 Å². The van der Waals surface area contributed by atoms with E-state index in [1.54, 1.807) is 0 Å². The largest absolute Gasteiger partial charge is 0.393 e. The van der Waals surface area contributed by atoms with Crippen LogP contribution in [-0.2, 0) is 0 Å². The lowest BCUT2D eigenvalue weighted by Gasteiger charge is -2.24. The van der Waals surface area contributed by atoms with E-state index < -0.39 is 0 Å². The molecule has 0 radical (unpaired) electrons. The molecule has 1 fully saturated rings. The summed E-state index contributed by atoms with van der Waals surface area (Å²) in [4.78, 5) is 0. The molecule has 54 valence electrons. The maximum absolute atomic E-state index is 9.17. The van der Waals surface area contributed by atoms with Gasteiger partial charge in [-0.2, -0.15) is 0 Å². The maximum atomic E-state index is 9.17. The average Bonchev–Trinajstić information content (AvgIpc) is 1.88. The van der Waals surface area contributed by atoms with Crippen LogP contribution in [0.15, 0.2) is 0 Å². The molecule has 0 aromatic carbocycles. The lowest BCUT2D eigenvalue weighted by molar-refractivity contribution is 0.114. The van der Waals surface area contributed by atoms with Gasteiger partial charge in [-0.15, -0.1) is 0 Å². The quantitative estimate of drug-likeness (QED) is 0.540. The molecule has 0 saturated heterocycles. The number of hydrogen-bond donors (Lipinski definition) is 2. The van der Waals surface area contributed by atoms with E-state index in [0.29, 0.717) is 6.04 Å². The van der Waals surface area contributed by atoms with Crippen LogP contribution < -0.4 is 5.32 Å². The van der Waals surface area contributed by atoms with Gasteiger partial charge in [0.15, 0.2) is 0 Å². The van der Waals surface area contributed by atoms with Gasteiger partial charge in [-0.05, 0) is 32.7 Å². The Bertz CT molecular complexity index is 85.0. The average molecular weight is 129 g/mol. The second kappa shape index (κ2) is 3.18. The third kappa shape index (κ3) is 1.95. The summed E-state index contributed by atoms with van der Waals surface area (Å²) in [6.45, 7) is 0. The van der Waals surface area contributed by atoms with Gasteiger partial charge in [0, 0.05) is 6.04 Å². The minimum atomic E-state index is -0.0452. The van der Waals surface area contributed by atoms with Crippen LogP contribution in [0.5, 0.6) is 0 Å². The first-order valence-corrected chi connectivity index (χ1v) is 3.68. The number of hydrogen-bond acceptors (Lipinski definition) is 2. The maximum Gasteiger partial charge on any atom is 0.0555 e. The van der Waals surface area contributed by atoms with Crippen LogP contribution >= 0.6 is 0 Å². The fourth-order valence-corrected chi connectivity index (χ4v) is 1.43. The van der Waals surface area contributed by atoms with Crippen LogP contribution in [0.25, 0.3) is 0 Å². The molecule has 0 unspecified atom stereocenters. The molecule has 2 N–H and O–H groups in total. The van der Waals surface area contributed by atoms with Crippen LogP contribution in [0.2, 0.25) is 0 Å². The van der Waals surface area contributed by atoms with Gasteiger partial charge < -0.3 is 10.4 Å². The van der Waals surface area contributed by atoms with E-state index in [1.165, 1.54) is 12.8 Å². The molecule has 0 bridgehead atoms. The smallest absolute Gasteiger partial charge is 0.0555 e.